The summed E-state index contributed by atoms with van der Waals surface area (Å²) in [5, 5.41) is 24.8. The summed E-state index contributed by atoms with van der Waals surface area (Å²) >= 11 is 0. The van der Waals surface area contributed by atoms with E-state index in [0.717, 1.165) is 66.1 Å². The Balaban J connectivity index is 1.61. The minimum absolute atomic E-state index is 0.367. The van der Waals surface area contributed by atoms with Gasteiger partial charge >= 0.3 is 0 Å². The first kappa shape index (κ1) is 23.8. The Bertz CT molecular complexity index is 2380. The van der Waals surface area contributed by atoms with Crippen molar-refractivity contribution in [3.05, 3.63) is 145 Å². The molecule has 2 heterocycles. The Labute approximate surface area is 242 Å². The molecule has 0 aliphatic carbocycles. The van der Waals surface area contributed by atoms with Gasteiger partial charge in [0.05, 0.1) is 38.9 Å². The molecule has 0 amide bonds. The summed E-state index contributed by atoms with van der Waals surface area (Å²) in [6.07, 6.45) is 0. The highest BCUT2D eigenvalue weighted by atomic mass is 15.0. The lowest BCUT2D eigenvalue weighted by atomic mass is 9.94. The number of fused-ring (bicyclic) bond motifs is 6. The summed E-state index contributed by atoms with van der Waals surface area (Å²) in [6.45, 7) is 0. The van der Waals surface area contributed by atoms with E-state index in [0.29, 0.717) is 11.1 Å². The zero-order valence-corrected chi connectivity index (χ0v) is 22.5. The lowest BCUT2D eigenvalue weighted by Crippen LogP contribution is -2.00. The van der Waals surface area contributed by atoms with Crippen LogP contribution in [0.15, 0.2) is 133 Å². The van der Waals surface area contributed by atoms with Gasteiger partial charge in [-0.05, 0) is 48.5 Å². The first-order chi connectivity index (χ1) is 20.8. The maximum Gasteiger partial charge on any atom is 0.101 e. The SMILES string of the molecule is N#Cc1cccc(-c2cc3c(cc2-n2c4ccccc4c4ccccc42)c2ccccc2n3-c2ccccc2)c1C#N. The quantitative estimate of drug-likeness (QED) is 0.227. The lowest BCUT2D eigenvalue weighted by molar-refractivity contribution is 1.17. The highest BCUT2D eigenvalue weighted by Crippen LogP contribution is 2.42. The van der Waals surface area contributed by atoms with Crippen molar-refractivity contribution in [3.8, 4) is 34.6 Å². The summed E-state index contributed by atoms with van der Waals surface area (Å²) < 4.78 is 4.58. The van der Waals surface area contributed by atoms with Crippen molar-refractivity contribution in [3.63, 3.8) is 0 Å². The van der Waals surface area contributed by atoms with Crippen LogP contribution in [0.4, 0.5) is 0 Å². The summed E-state index contributed by atoms with van der Waals surface area (Å²) in [5.74, 6) is 0. The summed E-state index contributed by atoms with van der Waals surface area (Å²) in [6, 6.07) is 50.2. The van der Waals surface area contributed by atoms with Crippen LogP contribution in [-0.4, -0.2) is 9.13 Å². The first-order valence-electron chi connectivity index (χ1n) is 13.8. The van der Waals surface area contributed by atoms with Gasteiger partial charge in [-0.1, -0.05) is 84.9 Å². The molecule has 2 aromatic heterocycles. The summed E-state index contributed by atoms with van der Waals surface area (Å²) in [4.78, 5) is 0. The maximum atomic E-state index is 10.3. The second-order valence-corrected chi connectivity index (χ2v) is 10.4. The molecule has 0 fully saturated rings. The number of benzene rings is 6. The second kappa shape index (κ2) is 9.24. The van der Waals surface area contributed by atoms with Crippen molar-refractivity contribution in [2.24, 2.45) is 0 Å². The largest absolute Gasteiger partial charge is 0.309 e. The predicted molar refractivity (Wildman–Crippen MR) is 170 cm³/mol. The van der Waals surface area contributed by atoms with Gasteiger partial charge in [-0.15, -0.1) is 0 Å². The van der Waals surface area contributed by atoms with Crippen molar-refractivity contribution in [1.29, 1.82) is 10.5 Å². The zero-order chi connectivity index (χ0) is 28.2. The van der Waals surface area contributed by atoms with E-state index in [4.69, 9.17) is 0 Å². The van der Waals surface area contributed by atoms with Gasteiger partial charge in [0.25, 0.3) is 0 Å². The Morgan fingerprint density at radius 3 is 1.62 bits per heavy atom. The van der Waals surface area contributed by atoms with Crippen LogP contribution in [-0.2, 0) is 0 Å². The van der Waals surface area contributed by atoms with Crippen molar-refractivity contribution in [2.75, 3.05) is 0 Å². The van der Waals surface area contributed by atoms with Crippen LogP contribution < -0.4 is 0 Å². The highest BCUT2D eigenvalue weighted by Gasteiger charge is 2.22. The van der Waals surface area contributed by atoms with E-state index in [9.17, 15) is 10.5 Å². The lowest BCUT2D eigenvalue weighted by Gasteiger charge is -2.17. The molecule has 0 aliphatic rings. The number of nitrogens with zero attached hydrogens (tertiary/aromatic N) is 4. The molecule has 0 N–H and O–H groups in total. The molecule has 0 unspecified atom stereocenters. The molecule has 0 saturated heterocycles. The van der Waals surface area contributed by atoms with E-state index >= 15 is 0 Å². The average molecular weight is 535 g/mol. The van der Waals surface area contributed by atoms with Crippen molar-refractivity contribution in [1.82, 2.24) is 9.13 Å². The van der Waals surface area contributed by atoms with Gasteiger partial charge in [-0.25, -0.2) is 0 Å². The standard InChI is InChI=1S/C38H22N4/c39-23-25-11-10-17-27(33(25)24-40)31-21-37-32(30-16-6-7-18-34(30)41(37)26-12-2-1-3-13-26)22-38(31)42-35-19-8-4-14-28(35)29-15-5-9-20-36(29)42/h1-22H. The molecular weight excluding hydrogens is 512 g/mol. The van der Waals surface area contributed by atoms with Gasteiger partial charge in [0.1, 0.15) is 12.1 Å². The molecule has 0 spiro atoms. The van der Waals surface area contributed by atoms with Crippen LogP contribution in [0.2, 0.25) is 0 Å². The second-order valence-electron chi connectivity index (χ2n) is 10.4. The van der Waals surface area contributed by atoms with E-state index in [1.165, 1.54) is 0 Å². The third kappa shape index (κ3) is 3.33. The predicted octanol–water partition coefficient (Wildman–Crippen LogP) is 9.29. The van der Waals surface area contributed by atoms with Gasteiger partial charge in [0, 0.05) is 38.4 Å². The number of hydrogen-bond acceptors (Lipinski definition) is 2. The topological polar surface area (TPSA) is 57.4 Å². The molecule has 4 heteroatoms. The minimum atomic E-state index is 0.367. The van der Waals surface area contributed by atoms with Gasteiger partial charge in [-0.2, -0.15) is 10.5 Å². The van der Waals surface area contributed by atoms with E-state index in [1.54, 1.807) is 6.07 Å². The van der Waals surface area contributed by atoms with Crippen LogP contribution >= 0.6 is 0 Å². The molecule has 8 aromatic rings. The Morgan fingerprint density at radius 2 is 1.00 bits per heavy atom. The zero-order valence-electron chi connectivity index (χ0n) is 22.5. The average Bonchev–Trinajstić information content (AvgIpc) is 3.56. The first-order valence-corrected chi connectivity index (χ1v) is 13.8. The van der Waals surface area contributed by atoms with Gasteiger partial charge in [0.15, 0.2) is 0 Å². The monoisotopic (exact) mass is 534 g/mol. The number of hydrogen-bond donors (Lipinski definition) is 0. The van der Waals surface area contributed by atoms with Crippen LogP contribution in [0.1, 0.15) is 11.1 Å². The number of nitriles is 2. The van der Waals surface area contributed by atoms with E-state index in [2.05, 4.69) is 118 Å². The van der Waals surface area contributed by atoms with Crippen LogP contribution in [0, 0.1) is 22.7 Å². The Kier molecular flexibility index (Phi) is 5.22. The molecule has 194 valence electrons. The smallest absolute Gasteiger partial charge is 0.101 e. The fourth-order valence-corrected chi connectivity index (χ4v) is 6.43. The number of aromatic nitrogens is 2. The van der Waals surface area contributed by atoms with E-state index < -0.39 is 0 Å². The molecule has 0 radical (unpaired) electrons. The Morgan fingerprint density at radius 1 is 0.429 bits per heavy atom. The normalized spacial score (nSPS) is 11.3. The van der Waals surface area contributed by atoms with Crippen LogP contribution in [0.5, 0.6) is 0 Å². The third-order valence-electron chi connectivity index (χ3n) is 8.21. The highest BCUT2D eigenvalue weighted by molar-refractivity contribution is 6.14. The third-order valence-corrected chi connectivity index (χ3v) is 8.21. The number of rotatable bonds is 3. The number of para-hydroxylation sites is 4. The van der Waals surface area contributed by atoms with Gasteiger partial charge in [-0.3, -0.25) is 0 Å². The fraction of sp³-hybridized carbons (Fsp3) is 0. The molecular formula is C38H22N4. The maximum absolute atomic E-state index is 10.3. The minimum Gasteiger partial charge on any atom is -0.309 e. The molecule has 42 heavy (non-hydrogen) atoms. The molecule has 8 rings (SSSR count). The van der Waals surface area contributed by atoms with Crippen molar-refractivity contribution in [2.45, 2.75) is 0 Å². The van der Waals surface area contributed by atoms with E-state index in [-0.39, 0.29) is 0 Å². The van der Waals surface area contributed by atoms with Crippen molar-refractivity contribution >= 4 is 43.6 Å². The molecule has 6 aromatic carbocycles. The molecule has 0 bridgehead atoms. The summed E-state index contributed by atoms with van der Waals surface area (Å²) in [5.41, 5.74) is 8.71. The van der Waals surface area contributed by atoms with Gasteiger partial charge in [0.2, 0.25) is 0 Å². The molecule has 0 atom stereocenters. The van der Waals surface area contributed by atoms with Crippen molar-refractivity contribution < 1.29 is 0 Å². The Hall–Kier alpha value is -6.10. The fourth-order valence-electron chi connectivity index (χ4n) is 6.43. The van der Waals surface area contributed by atoms with Crippen LogP contribution in [0.3, 0.4) is 0 Å². The van der Waals surface area contributed by atoms with Crippen LogP contribution in [0.25, 0.3) is 66.1 Å². The summed E-state index contributed by atoms with van der Waals surface area (Å²) in [7, 11) is 0. The molecule has 0 aliphatic heterocycles. The van der Waals surface area contributed by atoms with Gasteiger partial charge < -0.3 is 9.13 Å². The molecule has 4 nitrogen and oxygen atoms in total. The molecule has 0 saturated carbocycles. The van der Waals surface area contributed by atoms with E-state index in [1.807, 2.05) is 30.3 Å².